The highest BCUT2D eigenvalue weighted by Crippen LogP contribution is 2.16. The number of likely N-dealkylation sites (tertiary alicyclic amines) is 1. The lowest BCUT2D eigenvalue weighted by Gasteiger charge is -2.29. The number of hydrogen-bond acceptors (Lipinski definition) is 3. The van der Waals surface area contributed by atoms with Crippen molar-refractivity contribution in [3.05, 3.63) is 24.3 Å². The molecule has 1 fully saturated rings. The third-order valence-corrected chi connectivity index (χ3v) is 3.63. The van der Waals surface area contributed by atoms with E-state index in [1.165, 1.54) is 13.3 Å². The first-order valence-corrected chi connectivity index (χ1v) is 7.49. The first-order chi connectivity index (χ1) is 10.1. The zero-order valence-electron chi connectivity index (χ0n) is 12.7. The first kappa shape index (κ1) is 15.4. The number of nitrogens with one attached hydrogen (secondary N) is 2. The van der Waals surface area contributed by atoms with Gasteiger partial charge in [0.2, 0.25) is 11.8 Å². The Hall–Kier alpha value is -2.04. The molecule has 2 rings (SSSR count). The number of amides is 2. The van der Waals surface area contributed by atoms with Crippen LogP contribution in [-0.4, -0.2) is 35.8 Å². The number of hydrogen-bond donors (Lipinski definition) is 2. The molecule has 0 aromatic heterocycles. The summed E-state index contributed by atoms with van der Waals surface area (Å²) in [6.07, 6.45) is 3.42. The van der Waals surface area contributed by atoms with Crippen LogP contribution in [-0.2, 0) is 9.59 Å². The molecule has 1 heterocycles. The van der Waals surface area contributed by atoms with E-state index in [2.05, 4.69) is 10.6 Å². The number of benzene rings is 1. The van der Waals surface area contributed by atoms with E-state index in [4.69, 9.17) is 0 Å². The molecular formula is C16H23N3O2. The van der Waals surface area contributed by atoms with Crippen molar-refractivity contribution in [3.63, 3.8) is 0 Å². The minimum atomic E-state index is -0.241. The van der Waals surface area contributed by atoms with Gasteiger partial charge in [0, 0.05) is 31.4 Å². The molecule has 1 aliphatic heterocycles. The number of rotatable bonds is 4. The lowest BCUT2D eigenvalue weighted by atomic mass is 10.1. The average Bonchev–Trinajstić information content (AvgIpc) is 2.49. The summed E-state index contributed by atoms with van der Waals surface area (Å²) in [6.45, 7) is 5.10. The van der Waals surface area contributed by atoms with Gasteiger partial charge in [0.15, 0.2) is 0 Å². The van der Waals surface area contributed by atoms with E-state index in [-0.39, 0.29) is 17.9 Å². The van der Waals surface area contributed by atoms with E-state index in [0.29, 0.717) is 0 Å². The summed E-state index contributed by atoms with van der Waals surface area (Å²) in [6, 6.07) is 7.13. The minimum Gasteiger partial charge on any atom is -0.374 e. The largest absolute Gasteiger partial charge is 0.374 e. The van der Waals surface area contributed by atoms with Crippen molar-refractivity contribution >= 4 is 23.2 Å². The van der Waals surface area contributed by atoms with Gasteiger partial charge < -0.3 is 15.5 Å². The fourth-order valence-electron chi connectivity index (χ4n) is 2.55. The monoisotopic (exact) mass is 289 g/mol. The van der Waals surface area contributed by atoms with E-state index >= 15 is 0 Å². The molecule has 0 aliphatic carbocycles. The normalized spacial score (nSPS) is 16.2. The lowest BCUT2D eigenvalue weighted by molar-refractivity contribution is -0.132. The van der Waals surface area contributed by atoms with E-state index < -0.39 is 0 Å². The molecule has 1 aromatic carbocycles. The van der Waals surface area contributed by atoms with Crippen molar-refractivity contribution < 1.29 is 9.59 Å². The zero-order valence-corrected chi connectivity index (χ0v) is 12.7. The standard InChI is InChI=1S/C16H23N3O2/c1-12(16(21)19-10-4-3-5-11-19)17-14-6-8-15(9-7-14)18-13(2)20/h6-9,12,17H,3-5,10-11H2,1-2H3,(H,18,20)/t12-/m0/s1. The van der Waals surface area contributed by atoms with Crippen molar-refractivity contribution in [1.29, 1.82) is 0 Å². The van der Waals surface area contributed by atoms with Crippen molar-refractivity contribution in [3.8, 4) is 0 Å². The molecule has 0 bridgehead atoms. The summed E-state index contributed by atoms with van der Waals surface area (Å²) in [7, 11) is 0. The molecule has 5 nitrogen and oxygen atoms in total. The van der Waals surface area contributed by atoms with Gasteiger partial charge in [-0.3, -0.25) is 9.59 Å². The van der Waals surface area contributed by atoms with Crippen LogP contribution in [0, 0.1) is 0 Å². The highest BCUT2D eigenvalue weighted by molar-refractivity contribution is 5.89. The van der Waals surface area contributed by atoms with Crippen molar-refractivity contribution in [1.82, 2.24) is 4.90 Å². The second kappa shape index (κ2) is 7.11. The molecule has 21 heavy (non-hydrogen) atoms. The predicted octanol–water partition coefficient (Wildman–Crippen LogP) is 2.46. The van der Waals surface area contributed by atoms with Gasteiger partial charge >= 0.3 is 0 Å². The Balaban J connectivity index is 1.90. The summed E-state index contributed by atoms with van der Waals surface area (Å²) in [4.78, 5) is 25.2. The van der Waals surface area contributed by atoms with E-state index in [1.54, 1.807) is 0 Å². The molecule has 2 amide bonds. The van der Waals surface area contributed by atoms with Crippen LogP contribution in [0.5, 0.6) is 0 Å². The topological polar surface area (TPSA) is 61.4 Å². The van der Waals surface area contributed by atoms with Gasteiger partial charge in [-0.2, -0.15) is 0 Å². The third-order valence-electron chi connectivity index (χ3n) is 3.63. The SMILES string of the molecule is CC(=O)Nc1ccc(N[C@@H](C)C(=O)N2CCCCC2)cc1. The summed E-state index contributed by atoms with van der Waals surface area (Å²) < 4.78 is 0. The molecule has 2 N–H and O–H groups in total. The number of anilines is 2. The second-order valence-electron chi connectivity index (χ2n) is 5.51. The molecule has 0 spiro atoms. The maximum Gasteiger partial charge on any atom is 0.244 e. The Labute approximate surface area is 125 Å². The number of nitrogens with zero attached hydrogens (tertiary/aromatic N) is 1. The molecule has 5 heteroatoms. The third kappa shape index (κ3) is 4.48. The Morgan fingerprint density at radius 2 is 1.62 bits per heavy atom. The second-order valence-corrected chi connectivity index (χ2v) is 5.51. The van der Waals surface area contributed by atoms with Crippen LogP contribution in [0.25, 0.3) is 0 Å². The van der Waals surface area contributed by atoms with Gasteiger partial charge in [-0.15, -0.1) is 0 Å². The van der Waals surface area contributed by atoms with Gasteiger partial charge in [0.05, 0.1) is 0 Å². The smallest absolute Gasteiger partial charge is 0.244 e. The van der Waals surface area contributed by atoms with E-state index in [0.717, 1.165) is 37.3 Å². The van der Waals surface area contributed by atoms with Crippen LogP contribution in [0.1, 0.15) is 33.1 Å². The van der Waals surface area contributed by atoms with Crippen LogP contribution >= 0.6 is 0 Å². The quantitative estimate of drug-likeness (QED) is 0.895. The lowest BCUT2D eigenvalue weighted by Crippen LogP contribution is -2.43. The van der Waals surface area contributed by atoms with Gasteiger partial charge in [-0.25, -0.2) is 0 Å². The average molecular weight is 289 g/mol. The van der Waals surface area contributed by atoms with Crippen molar-refractivity contribution in [2.24, 2.45) is 0 Å². The molecule has 0 unspecified atom stereocenters. The highest BCUT2D eigenvalue weighted by atomic mass is 16.2. The predicted molar refractivity (Wildman–Crippen MR) is 84.3 cm³/mol. The van der Waals surface area contributed by atoms with Gasteiger partial charge in [-0.1, -0.05) is 0 Å². The Morgan fingerprint density at radius 3 is 2.19 bits per heavy atom. The Bertz CT molecular complexity index is 493. The minimum absolute atomic E-state index is 0.0932. The Morgan fingerprint density at radius 1 is 1.05 bits per heavy atom. The molecule has 0 radical (unpaired) electrons. The molecule has 0 saturated carbocycles. The van der Waals surface area contributed by atoms with Crippen LogP contribution in [0.3, 0.4) is 0 Å². The molecule has 1 aromatic rings. The van der Waals surface area contributed by atoms with E-state index in [1.807, 2.05) is 36.1 Å². The van der Waals surface area contributed by atoms with Crippen LogP contribution in [0.4, 0.5) is 11.4 Å². The van der Waals surface area contributed by atoms with Gasteiger partial charge in [0.1, 0.15) is 6.04 Å². The van der Waals surface area contributed by atoms with Crippen LogP contribution < -0.4 is 10.6 Å². The van der Waals surface area contributed by atoms with Gasteiger partial charge in [-0.05, 0) is 50.5 Å². The van der Waals surface area contributed by atoms with Crippen molar-refractivity contribution in [2.75, 3.05) is 23.7 Å². The maximum absolute atomic E-state index is 12.3. The molecule has 114 valence electrons. The molecule has 1 saturated heterocycles. The number of carbonyl (C=O) groups excluding carboxylic acids is 2. The maximum atomic E-state index is 12.3. The summed E-state index contributed by atoms with van der Waals surface area (Å²) in [5, 5.41) is 5.93. The highest BCUT2D eigenvalue weighted by Gasteiger charge is 2.21. The molecule has 1 atom stereocenters. The summed E-state index contributed by atoms with van der Waals surface area (Å²) in [5.41, 5.74) is 1.63. The fourth-order valence-corrected chi connectivity index (χ4v) is 2.55. The zero-order chi connectivity index (χ0) is 15.2. The molecular weight excluding hydrogens is 266 g/mol. The van der Waals surface area contributed by atoms with Crippen LogP contribution in [0.2, 0.25) is 0 Å². The first-order valence-electron chi connectivity index (χ1n) is 7.49. The number of piperidine rings is 1. The van der Waals surface area contributed by atoms with Crippen molar-refractivity contribution in [2.45, 2.75) is 39.2 Å². The summed E-state index contributed by atoms with van der Waals surface area (Å²) in [5.74, 6) is 0.0602. The fraction of sp³-hybridized carbons (Fsp3) is 0.500. The molecule has 1 aliphatic rings. The van der Waals surface area contributed by atoms with Gasteiger partial charge in [0.25, 0.3) is 0 Å². The van der Waals surface area contributed by atoms with E-state index in [9.17, 15) is 9.59 Å². The summed E-state index contributed by atoms with van der Waals surface area (Å²) >= 11 is 0. The Kier molecular flexibility index (Phi) is 5.20. The van der Waals surface area contributed by atoms with Crippen LogP contribution in [0.15, 0.2) is 24.3 Å². The number of carbonyl (C=O) groups is 2.